The lowest BCUT2D eigenvalue weighted by Crippen LogP contribution is -2.36. The highest BCUT2D eigenvalue weighted by atomic mass is 16.2. The lowest BCUT2D eigenvalue weighted by Gasteiger charge is -2.11. The Kier molecular flexibility index (Phi) is 6.43. The second kappa shape index (κ2) is 8.13. The van der Waals surface area contributed by atoms with Gasteiger partial charge >= 0.3 is 6.03 Å². The van der Waals surface area contributed by atoms with E-state index in [9.17, 15) is 9.59 Å². The predicted octanol–water partition coefficient (Wildman–Crippen LogP) is 2.11. The number of carbonyl (C=O) groups excluding carboxylic acids is 2. The zero-order valence-corrected chi connectivity index (χ0v) is 11.4. The molecule has 0 fully saturated rings. The fourth-order valence-electron chi connectivity index (χ4n) is 1.44. The molecular weight excluding hydrogens is 242 g/mol. The van der Waals surface area contributed by atoms with E-state index in [-0.39, 0.29) is 24.4 Å². The molecule has 5 heteroatoms. The first kappa shape index (κ1) is 15.0. The van der Waals surface area contributed by atoms with Crippen LogP contribution in [-0.2, 0) is 4.79 Å². The number of hydrogen-bond donors (Lipinski definition) is 3. The van der Waals surface area contributed by atoms with E-state index in [1.807, 2.05) is 32.0 Å². The minimum absolute atomic E-state index is 0.0469. The molecule has 0 saturated carbocycles. The lowest BCUT2D eigenvalue weighted by atomic mass is 10.2. The summed E-state index contributed by atoms with van der Waals surface area (Å²) < 4.78 is 0. The minimum atomic E-state index is -0.303. The van der Waals surface area contributed by atoms with Crippen LogP contribution in [0.15, 0.2) is 30.3 Å². The normalized spacial score (nSPS) is 11.5. The lowest BCUT2D eigenvalue weighted by molar-refractivity contribution is -0.121. The van der Waals surface area contributed by atoms with Gasteiger partial charge in [-0.2, -0.15) is 0 Å². The van der Waals surface area contributed by atoms with Gasteiger partial charge in [-0.1, -0.05) is 25.1 Å². The van der Waals surface area contributed by atoms with Crippen LogP contribution in [0.4, 0.5) is 10.5 Å². The molecule has 3 amide bonds. The summed E-state index contributed by atoms with van der Waals surface area (Å²) in [6.07, 6.45) is 1.18. The molecule has 1 aromatic rings. The maximum Gasteiger partial charge on any atom is 0.319 e. The van der Waals surface area contributed by atoms with Gasteiger partial charge in [-0.15, -0.1) is 0 Å². The SMILES string of the molecule is CCC(C)NC(=O)CCNC(=O)Nc1ccccc1. The monoisotopic (exact) mass is 263 g/mol. The van der Waals surface area contributed by atoms with Crippen LogP contribution in [-0.4, -0.2) is 24.5 Å². The van der Waals surface area contributed by atoms with E-state index >= 15 is 0 Å². The van der Waals surface area contributed by atoms with E-state index in [1.165, 1.54) is 0 Å². The van der Waals surface area contributed by atoms with Crippen LogP contribution in [0, 0.1) is 0 Å². The maximum absolute atomic E-state index is 11.5. The van der Waals surface area contributed by atoms with Gasteiger partial charge in [0.25, 0.3) is 0 Å². The van der Waals surface area contributed by atoms with Crippen molar-refractivity contribution >= 4 is 17.6 Å². The number of hydrogen-bond acceptors (Lipinski definition) is 2. The molecule has 0 radical (unpaired) electrons. The molecule has 0 bridgehead atoms. The molecule has 0 saturated heterocycles. The number of para-hydroxylation sites is 1. The Morgan fingerprint density at radius 2 is 1.89 bits per heavy atom. The maximum atomic E-state index is 11.5. The van der Waals surface area contributed by atoms with Crippen molar-refractivity contribution < 1.29 is 9.59 Å². The summed E-state index contributed by atoms with van der Waals surface area (Å²) in [5, 5.41) is 8.17. The Morgan fingerprint density at radius 3 is 2.53 bits per heavy atom. The van der Waals surface area contributed by atoms with E-state index in [4.69, 9.17) is 0 Å². The van der Waals surface area contributed by atoms with Gasteiger partial charge in [0.2, 0.25) is 5.91 Å². The summed E-state index contributed by atoms with van der Waals surface area (Å²) in [6.45, 7) is 4.28. The first-order chi connectivity index (χ1) is 9.11. The Balaban J connectivity index is 2.19. The van der Waals surface area contributed by atoms with Gasteiger partial charge in [-0.3, -0.25) is 4.79 Å². The number of rotatable bonds is 6. The van der Waals surface area contributed by atoms with Gasteiger partial charge in [0, 0.05) is 24.7 Å². The van der Waals surface area contributed by atoms with Crippen molar-refractivity contribution in [3.05, 3.63) is 30.3 Å². The third-order valence-corrected chi connectivity index (χ3v) is 2.69. The largest absolute Gasteiger partial charge is 0.354 e. The quantitative estimate of drug-likeness (QED) is 0.735. The molecule has 1 aromatic carbocycles. The molecule has 0 heterocycles. The van der Waals surface area contributed by atoms with E-state index < -0.39 is 0 Å². The molecule has 0 aliphatic heterocycles. The Bertz CT molecular complexity index is 406. The highest BCUT2D eigenvalue weighted by molar-refractivity contribution is 5.89. The highest BCUT2D eigenvalue weighted by Gasteiger charge is 2.06. The molecule has 0 aliphatic rings. The standard InChI is InChI=1S/C14H21N3O2/c1-3-11(2)16-13(18)9-10-15-14(19)17-12-7-5-4-6-8-12/h4-8,11H,3,9-10H2,1-2H3,(H,16,18)(H2,15,17,19). The van der Waals surface area contributed by atoms with Crippen LogP contribution in [0.3, 0.4) is 0 Å². The van der Waals surface area contributed by atoms with E-state index in [1.54, 1.807) is 12.1 Å². The van der Waals surface area contributed by atoms with Gasteiger partial charge in [0.1, 0.15) is 0 Å². The summed E-state index contributed by atoms with van der Waals surface area (Å²) in [4.78, 5) is 23.0. The molecule has 0 spiro atoms. The molecule has 1 unspecified atom stereocenters. The third-order valence-electron chi connectivity index (χ3n) is 2.69. The van der Waals surface area contributed by atoms with Crippen molar-refractivity contribution in [2.75, 3.05) is 11.9 Å². The smallest absolute Gasteiger partial charge is 0.319 e. The van der Waals surface area contributed by atoms with Crippen molar-refractivity contribution in [2.24, 2.45) is 0 Å². The molecule has 19 heavy (non-hydrogen) atoms. The predicted molar refractivity (Wildman–Crippen MR) is 76.0 cm³/mol. The number of amides is 3. The molecule has 3 N–H and O–H groups in total. The third kappa shape index (κ3) is 6.45. The van der Waals surface area contributed by atoms with Gasteiger partial charge in [-0.05, 0) is 25.5 Å². The van der Waals surface area contributed by atoms with Crippen molar-refractivity contribution in [2.45, 2.75) is 32.7 Å². The minimum Gasteiger partial charge on any atom is -0.354 e. The molecule has 1 atom stereocenters. The fraction of sp³-hybridized carbons (Fsp3) is 0.429. The van der Waals surface area contributed by atoms with E-state index in [0.717, 1.165) is 12.1 Å². The summed E-state index contributed by atoms with van der Waals surface area (Å²) in [5.74, 6) is -0.0469. The first-order valence-electron chi connectivity index (χ1n) is 6.51. The molecule has 5 nitrogen and oxygen atoms in total. The zero-order valence-electron chi connectivity index (χ0n) is 11.4. The van der Waals surface area contributed by atoms with Gasteiger partial charge in [-0.25, -0.2) is 4.79 Å². The van der Waals surface area contributed by atoms with Crippen molar-refractivity contribution in [1.82, 2.24) is 10.6 Å². The number of benzene rings is 1. The Hall–Kier alpha value is -2.04. The number of urea groups is 1. The van der Waals surface area contributed by atoms with Crippen LogP contribution in [0.25, 0.3) is 0 Å². The fourth-order valence-corrected chi connectivity index (χ4v) is 1.44. The van der Waals surface area contributed by atoms with Crippen LogP contribution >= 0.6 is 0 Å². The van der Waals surface area contributed by atoms with Crippen molar-refractivity contribution in [3.8, 4) is 0 Å². The second-order valence-electron chi connectivity index (χ2n) is 4.37. The van der Waals surface area contributed by atoms with Gasteiger partial charge in [0.15, 0.2) is 0 Å². The van der Waals surface area contributed by atoms with Crippen molar-refractivity contribution in [3.63, 3.8) is 0 Å². The number of anilines is 1. The summed E-state index contributed by atoms with van der Waals surface area (Å²) in [7, 11) is 0. The van der Waals surface area contributed by atoms with Crippen LogP contribution in [0.1, 0.15) is 26.7 Å². The molecule has 0 aromatic heterocycles. The molecule has 0 aliphatic carbocycles. The summed E-state index contributed by atoms with van der Waals surface area (Å²) in [6, 6.07) is 9.03. The Labute approximate surface area is 113 Å². The average Bonchev–Trinajstić information content (AvgIpc) is 2.39. The molecule has 1 rings (SSSR count). The van der Waals surface area contributed by atoms with Gasteiger partial charge in [0.05, 0.1) is 0 Å². The number of carbonyl (C=O) groups is 2. The highest BCUT2D eigenvalue weighted by Crippen LogP contribution is 2.03. The van der Waals surface area contributed by atoms with Crippen LogP contribution < -0.4 is 16.0 Å². The van der Waals surface area contributed by atoms with Crippen LogP contribution in [0.5, 0.6) is 0 Å². The van der Waals surface area contributed by atoms with Gasteiger partial charge < -0.3 is 16.0 Å². The van der Waals surface area contributed by atoms with E-state index in [2.05, 4.69) is 16.0 Å². The Morgan fingerprint density at radius 1 is 1.21 bits per heavy atom. The summed E-state index contributed by atoms with van der Waals surface area (Å²) >= 11 is 0. The number of nitrogens with one attached hydrogen (secondary N) is 3. The second-order valence-corrected chi connectivity index (χ2v) is 4.37. The van der Waals surface area contributed by atoms with E-state index in [0.29, 0.717) is 6.54 Å². The summed E-state index contributed by atoms with van der Waals surface area (Å²) in [5.41, 5.74) is 0.726. The topological polar surface area (TPSA) is 70.2 Å². The van der Waals surface area contributed by atoms with Crippen LogP contribution in [0.2, 0.25) is 0 Å². The molecule has 104 valence electrons. The first-order valence-corrected chi connectivity index (χ1v) is 6.51. The van der Waals surface area contributed by atoms with Crippen molar-refractivity contribution in [1.29, 1.82) is 0 Å². The molecular formula is C14H21N3O2. The zero-order chi connectivity index (χ0) is 14.1. The average molecular weight is 263 g/mol.